The first-order valence-electron chi connectivity index (χ1n) is 10.4. The molecule has 2 aromatic rings. The van der Waals surface area contributed by atoms with Crippen LogP contribution in [0.5, 0.6) is 0 Å². The Morgan fingerprint density at radius 2 is 1.27 bits per heavy atom. The predicted octanol–water partition coefficient (Wildman–Crippen LogP) is 4.58. The molecule has 0 spiro atoms. The molecule has 5 nitrogen and oxygen atoms in total. The van der Waals surface area contributed by atoms with E-state index < -0.39 is 11.9 Å². The standard InChI is InChI=1S/C21H23N.C4H6O4/c1-22-14-12-18(13-15-22)21-19-8-4-2-6-16(19)10-11-17-7-3-5-9-20(17)21;5-3(6)1-2-4(7)8/h2-11,18,21H,12-15H2,1H3;1-2H2,(H,5,6)(H,7,8). The summed E-state index contributed by atoms with van der Waals surface area (Å²) >= 11 is 0. The molecule has 1 fully saturated rings. The van der Waals surface area contributed by atoms with Crippen molar-refractivity contribution in [1.29, 1.82) is 0 Å². The van der Waals surface area contributed by atoms with Gasteiger partial charge in [0.05, 0.1) is 12.8 Å². The van der Waals surface area contributed by atoms with Crippen LogP contribution in [0.3, 0.4) is 0 Å². The Balaban J connectivity index is 0.000000275. The summed E-state index contributed by atoms with van der Waals surface area (Å²) in [6.07, 6.45) is 6.59. The molecule has 5 heteroatoms. The van der Waals surface area contributed by atoms with Crippen LogP contribution in [0.15, 0.2) is 48.5 Å². The zero-order valence-corrected chi connectivity index (χ0v) is 17.3. The first kappa shape index (κ1) is 21.8. The lowest BCUT2D eigenvalue weighted by Gasteiger charge is -2.35. The van der Waals surface area contributed by atoms with Crippen LogP contribution in [0.25, 0.3) is 12.2 Å². The molecule has 2 aromatic carbocycles. The number of likely N-dealkylation sites (tertiary alicyclic amines) is 1. The van der Waals surface area contributed by atoms with Gasteiger partial charge in [0.2, 0.25) is 0 Å². The molecule has 2 aliphatic rings. The number of benzene rings is 2. The maximum atomic E-state index is 9.64. The van der Waals surface area contributed by atoms with E-state index in [1.165, 1.54) is 48.2 Å². The number of nitrogens with zero attached hydrogens (tertiary/aromatic N) is 1. The molecule has 0 atom stereocenters. The van der Waals surface area contributed by atoms with Crippen molar-refractivity contribution in [3.8, 4) is 0 Å². The summed E-state index contributed by atoms with van der Waals surface area (Å²) < 4.78 is 0. The Morgan fingerprint density at radius 3 is 1.70 bits per heavy atom. The van der Waals surface area contributed by atoms with E-state index in [-0.39, 0.29) is 12.8 Å². The van der Waals surface area contributed by atoms with E-state index in [0.717, 1.165) is 5.92 Å². The van der Waals surface area contributed by atoms with Gasteiger partial charge in [-0.3, -0.25) is 9.59 Å². The second kappa shape index (κ2) is 10.2. The molecule has 0 amide bonds. The number of carboxylic acids is 2. The van der Waals surface area contributed by atoms with Gasteiger partial charge in [0.1, 0.15) is 0 Å². The van der Waals surface area contributed by atoms with Gasteiger partial charge < -0.3 is 15.1 Å². The summed E-state index contributed by atoms with van der Waals surface area (Å²) in [5.74, 6) is -0.866. The molecule has 0 aromatic heterocycles. The van der Waals surface area contributed by atoms with Crippen LogP contribution in [0.4, 0.5) is 0 Å². The number of carbonyl (C=O) groups is 2. The van der Waals surface area contributed by atoms with Gasteiger partial charge in [0.25, 0.3) is 0 Å². The van der Waals surface area contributed by atoms with Gasteiger partial charge in [0.15, 0.2) is 0 Å². The molecule has 1 aliphatic carbocycles. The maximum absolute atomic E-state index is 9.64. The van der Waals surface area contributed by atoms with Crippen LogP contribution in [0.2, 0.25) is 0 Å². The topological polar surface area (TPSA) is 77.8 Å². The van der Waals surface area contributed by atoms with E-state index in [9.17, 15) is 9.59 Å². The summed E-state index contributed by atoms with van der Waals surface area (Å²) in [5.41, 5.74) is 5.81. The van der Waals surface area contributed by atoms with E-state index in [4.69, 9.17) is 10.2 Å². The van der Waals surface area contributed by atoms with Crippen LogP contribution in [-0.4, -0.2) is 47.2 Å². The zero-order valence-electron chi connectivity index (χ0n) is 17.3. The molecular weight excluding hydrogens is 378 g/mol. The molecular formula is C25H29NO4. The smallest absolute Gasteiger partial charge is 0.303 e. The summed E-state index contributed by atoms with van der Waals surface area (Å²) in [5, 5.41) is 15.8. The molecule has 0 saturated carbocycles. The molecule has 4 rings (SSSR count). The fourth-order valence-corrected chi connectivity index (χ4v) is 4.32. The van der Waals surface area contributed by atoms with Gasteiger partial charge in [-0.25, -0.2) is 0 Å². The lowest BCUT2D eigenvalue weighted by atomic mass is 9.74. The van der Waals surface area contributed by atoms with E-state index in [1.54, 1.807) is 0 Å². The Bertz CT molecular complexity index is 849. The van der Waals surface area contributed by atoms with Crippen molar-refractivity contribution >= 4 is 24.1 Å². The highest BCUT2D eigenvalue weighted by Gasteiger charge is 2.30. The highest BCUT2D eigenvalue weighted by Crippen LogP contribution is 2.42. The van der Waals surface area contributed by atoms with E-state index in [0.29, 0.717) is 5.92 Å². The van der Waals surface area contributed by atoms with Crippen molar-refractivity contribution < 1.29 is 19.8 Å². The third-order valence-electron chi connectivity index (χ3n) is 5.89. The van der Waals surface area contributed by atoms with Crippen molar-refractivity contribution in [1.82, 2.24) is 4.90 Å². The van der Waals surface area contributed by atoms with Crippen molar-refractivity contribution in [2.45, 2.75) is 31.6 Å². The Morgan fingerprint density at radius 1 is 0.833 bits per heavy atom. The Labute approximate surface area is 177 Å². The summed E-state index contributed by atoms with van der Waals surface area (Å²) in [4.78, 5) is 21.7. The third kappa shape index (κ3) is 5.57. The van der Waals surface area contributed by atoms with Gasteiger partial charge in [0, 0.05) is 5.92 Å². The number of carboxylic acid groups (broad SMARTS) is 2. The second-order valence-electron chi connectivity index (χ2n) is 8.00. The number of hydrogen-bond acceptors (Lipinski definition) is 3. The van der Waals surface area contributed by atoms with Crippen LogP contribution in [0, 0.1) is 5.92 Å². The normalized spacial score (nSPS) is 16.6. The minimum atomic E-state index is -1.08. The number of piperidine rings is 1. The molecule has 2 N–H and O–H groups in total. The minimum Gasteiger partial charge on any atom is -0.481 e. The predicted molar refractivity (Wildman–Crippen MR) is 118 cm³/mol. The van der Waals surface area contributed by atoms with Crippen molar-refractivity contribution in [3.05, 3.63) is 70.8 Å². The number of fused-ring (bicyclic) bond motifs is 2. The van der Waals surface area contributed by atoms with E-state index >= 15 is 0 Å². The van der Waals surface area contributed by atoms with Gasteiger partial charge in [-0.15, -0.1) is 0 Å². The number of aliphatic carboxylic acids is 2. The Hall–Kier alpha value is -2.92. The molecule has 1 saturated heterocycles. The molecule has 158 valence electrons. The zero-order chi connectivity index (χ0) is 21.5. The van der Waals surface area contributed by atoms with Crippen molar-refractivity contribution in [3.63, 3.8) is 0 Å². The molecule has 30 heavy (non-hydrogen) atoms. The molecule has 0 bridgehead atoms. The van der Waals surface area contributed by atoms with Gasteiger partial charge in [-0.1, -0.05) is 60.7 Å². The van der Waals surface area contributed by atoms with E-state index in [1.807, 2.05) is 0 Å². The lowest BCUT2D eigenvalue weighted by Crippen LogP contribution is -2.33. The first-order chi connectivity index (χ1) is 14.5. The quantitative estimate of drug-likeness (QED) is 0.776. The first-order valence-corrected chi connectivity index (χ1v) is 10.4. The van der Waals surface area contributed by atoms with E-state index in [2.05, 4.69) is 72.6 Å². The summed E-state index contributed by atoms with van der Waals surface area (Å²) in [6.45, 7) is 2.44. The van der Waals surface area contributed by atoms with Gasteiger partial charge in [-0.05, 0) is 61.2 Å². The fraction of sp³-hybridized carbons (Fsp3) is 0.360. The second-order valence-corrected chi connectivity index (χ2v) is 8.00. The summed E-state index contributed by atoms with van der Waals surface area (Å²) in [6, 6.07) is 17.9. The maximum Gasteiger partial charge on any atom is 0.303 e. The largest absolute Gasteiger partial charge is 0.481 e. The molecule has 1 aliphatic heterocycles. The molecule has 0 radical (unpaired) electrons. The average Bonchev–Trinajstić information content (AvgIpc) is 2.90. The molecule has 1 heterocycles. The van der Waals surface area contributed by atoms with Crippen LogP contribution in [0.1, 0.15) is 53.9 Å². The summed E-state index contributed by atoms with van der Waals surface area (Å²) in [7, 11) is 2.24. The Kier molecular flexibility index (Phi) is 7.41. The monoisotopic (exact) mass is 407 g/mol. The number of rotatable bonds is 4. The highest BCUT2D eigenvalue weighted by atomic mass is 16.4. The highest BCUT2D eigenvalue weighted by molar-refractivity contribution is 5.76. The minimum absolute atomic E-state index is 0.296. The average molecular weight is 408 g/mol. The lowest BCUT2D eigenvalue weighted by molar-refractivity contribution is -0.143. The van der Waals surface area contributed by atoms with Crippen LogP contribution >= 0.6 is 0 Å². The fourth-order valence-electron chi connectivity index (χ4n) is 4.32. The molecule has 0 unspecified atom stereocenters. The van der Waals surface area contributed by atoms with Gasteiger partial charge in [-0.2, -0.15) is 0 Å². The van der Waals surface area contributed by atoms with Crippen molar-refractivity contribution in [2.75, 3.05) is 20.1 Å². The van der Waals surface area contributed by atoms with Gasteiger partial charge >= 0.3 is 11.9 Å². The third-order valence-corrected chi connectivity index (χ3v) is 5.89. The van der Waals surface area contributed by atoms with Crippen molar-refractivity contribution in [2.24, 2.45) is 5.92 Å². The van der Waals surface area contributed by atoms with Crippen LogP contribution < -0.4 is 0 Å². The number of hydrogen-bond donors (Lipinski definition) is 2. The SMILES string of the molecule is CN1CCC(C2c3ccccc3C=Cc3ccccc32)CC1.O=C(O)CCC(=O)O. The van der Waals surface area contributed by atoms with Crippen LogP contribution in [-0.2, 0) is 9.59 Å².